The molecule has 4 aromatic rings. The van der Waals surface area contributed by atoms with Gasteiger partial charge >= 0.3 is 0 Å². The summed E-state index contributed by atoms with van der Waals surface area (Å²) in [6, 6.07) is 7.55. The van der Waals surface area contributed by atoms with E-state index in [1.807, 2.05) is 23.7 Å². The number of nitrogens with zero attached hydrogens (tertiary/aromatic N) is 4. The zero-order valence-corrected chi connectivity index (χ0v) is 12.0. The summed E-state index contributed by atoms with van der Waals surface area (Å²) in [6.45, 7) is 0. The molecule has 0 N–H and O–H groups in total. The molecular weight excluding hydrogens is 284 g/mol. The maximum Gasteiger partial charge on any atom is 0.280 e. The first-order valence-electron chi connectivity index (χ1n) is 6.39. The number of rotatable bonds is 1. The van der Waals surface area contributed by atoms with Crippen LogP contribution in [-0.4, -0.2) is 19.5 Å². The third-order valence-corrected chi connectivity index (χ3v) is 4.27. The van der Waals surface area contributed by atoms with Gasteiger partial charge in [-0.25, -0.2) is 9.97 Å². The summed E-state index contributed by atoms with van der Waals surface area (Å²) in [4.78, 5) is 25.4. The third-order valence-electron chi connectivity index (χ3n) is 3.41. The highest BCUT2D eigenvalue weighted by molar-refractivity contribution is 7.17. The molecule has 21 heavy (non-hydrogen) atoms. The Morgan fingerprint density at radius 1 is 1.24 bits per heavy atom. The van der Waals surface area contributed by atoms with Crippen molar-refractivity contribution in [3.05, 3.63) is 52.4 Å². The van der Waals surface area contributed by atoms with Crippen LogP contribution >= 0.6 is 11.3 Å². The first-order valence-corrected chi connectivity index (χ1v) is 7.27. The minimum Gasteiger partial charge on any atom is -0.293 e. The van der Waals surface area contributed by atoms with Crippen LogP contribution in [0.3, 0.4) is 0 Å². The minimum atomic E-state index is -0.164. The molecular formula is C15H10N4OS. The Balaban J connectivity index is 2.05. The van der Waals surface area contributed by atoms with Gasteiger partial charge in [0.1, 0.15) is 5.69 Å². The Labute approximate surface area is 123 Å². The van der Waals surface area contributed by atoms with Crippen LogP contribution in [0.25, 0.3) is 32.6 Å². The normalized spacial score (nSPS) is 11.3. The summed E-state index contributed by atoms with van der Waals surface area (Å²) in [5.41, 5.74) is 1.48. The van der Waals surface area contributed by atoms with Crippen LogP contribution in [0, 0.1) is 0 Å². The fraction of sp³-hybridized carbons (Fsp3) is 0.0667. The summed E-state index contributed by atoms with van der Waals surface area (Å²) in [6.07, 6.45) is 3.41. The smallest absolute Gasteiger partial charge is 0.280 e. The highest BCUT2D eigenvalue weighted by atomic mass is 32.1. The van der Waals surface area contributed by atoms with Gasteiger partial charge in [-0.1, -0.05) is 0 Å². The molecule has 0 bridgehead atoms. The Morgan fingerprint density at radius 2 is 2.14 bits per heavy atom. The van der Waals surface area contributed by atoms with Gasteiger partial charge in [-0.15, -0.1) is 11.3 Å². The van der Waals surface area contributed by atoms with Crippen LogP contribution in [0.2, 0.25) is 0 Å². The number of pyridine rings is 2. The molecule has 0 radical (unpaired) electrons. The average molecular weight is 294 g/mol. The van der Waals surface area contributed by atoms with Gasteiger partial charge < -0.3 is 0 Å². The predicted octanol–water partition coefficient (Wildman–Crippen LogP) is 2.61. The van der Waals surface area contributed by atoms with Gasteiger partial charge in [0.25, 0.3) is 5.56 Å². The fourth-order valence-corrected chi connectivity index (χ4v) is 3.05. The first kappa shape index (κ1) is 12.2. The quantitative estimate of drug-likeness (QED) is 0.541. The minimum absolute atomic E-state index is 0.164. The SMILES string of the molecule is Cn1c(-c2cc3ccsc3cn2)nc2cccnc2c1=O. The second kappa shape index (κ2) is 4.46. The molecule has 0 unspecified atom stereocenters. The van der Waals surface area contributed by atoms with Gasteiger partial charge in [0, 0.05) is 19.4 Å². The molecule has 4 aromatic heterocycles. The fourth-order valence-electron chi connectivity index (χ4n) is 2.32. The second-order valence-electron chi connectivity index (χ2n) is 4.70. The highest BCUT2D eigenvalue weighted by Gasteiger charge is 2.12. The maximum atomic E-state index is 12.4. The van der Waals surface area contributed by atoms with Crippen molar-refractivity contribution in [2.75, 3.05) is 0 Å². The van der Waals surface area contributed by atoms with E-state index in [1.165, 1.54) is 4.57 Å². The van der Waals surface area contributed by atoms with E-state index in [-0.39, 0.29) is 5.56 Å². The summed E-state index contributed by atoms with van der Waals surface area (Å²) in [7, 11) is 1.69. The zero-order valence-electron chi connectivity index (χ0n) is 11.1. The largest absolute Gasteiger partial charge is 0.293 e. The highest BCUT2D eigenvalue weighted by Crippen LogP contribution is 2.24. The predicted molar refractivity (Wildman–Crippen MR) is 83.4 cm³/mol. The molecule has 4 heterocycles. The zero-order chi connectivity index (χ0) is 14.4. The summed E-state index contributed by atoms with van der Waals surface area (Å²) >= 11 is 1.64. The lowest BCUT2D eigenvalue weighted by atomic mass is 10.2. The summed E-state index contributed by atoms with van der Waals surface area (Å²) < 4.78 is 2.61. The Bertz CT molecular complexity index is 1030. The lowest BCUT2D eigenvalue weighted by molar-refractivity contribution is 0.846. The van der Waals surface area contributed by atoms with Crippen molar-refractivity contribution in [3.8, 4) is 11.5 Å². The van der Waals surface area contributed by atoms with Crippen LogP contribution in [0.4, 0.5) is 0 Å². The molecule has 0 spiro atoms. The average Bonchev–Trinajstić information content (AvgIpc) is 2.98. The molecule has 0 aliphatic rings. The van der Waals surface area contributed by atoms with Crippen molar-refractivity contribution in [2.45, 2.75) is 0 Å². The molecule has 0 saturated carbocycles. The molecule has 0 fully saturated rings. The van der Waals surface area contributed by atoms with E-state index in [9.17, 15) is 4.79 Å². The molecule has 4 rings (SSSR count). The van der Waals surface area contributed by atoms with Crippen LogP contribution in [-0.2, 0) is 7.05 Å². The van der Waals surface area contributed by atoms with E-state index in [0.717, 1.165) is 10.1 Å². The summed E-state index contributed by atoms with van der Waals surface area (Å²) in [5, 5.41) is 3.12. The number of thiophene rings is 1. The molecule has 0 aliphatic carbocycles. The van der Waals surface area contributed by atoms with Gasteiger partial charge in [0.05, 0.1) is 10.2 Å². The van der Waals surface area contributed by atoms with Crippen LogP contribution in [0.15, 0.2) is 46.8 Å². The Hall–Kier alpha value is -2.60. The van der Waals surface area contributed by atoms with Gasteiger partial charge in [0.15, 0.2) is 11.3 Å². The Morgan fingerprint density at radius 3 is 3.05 bits per heavy atom. The van der Waals surface area contributed by atoms with Crippen LogP contribution < -0.4 is 5.56 Å². The molecule has 0 amide bonds. The van der Waals surface area contributed by atoms with Gasteiger partial charge in [-0.3, -0.25) is 14.3 Å². The summed E-state index contributed by atoms with van der Waals surface area (Å²) in [5.74, 6) is 0.550. The number of hydrogen-bond acceptors (Lipinski definition) is 5. The van der Waals surface area contributed by atoms with Crippen molar-refractivity contribution >= 4 is 32.5 Å². The monoisotopic (exact) mass is 294 g/mol. The topological polar surface area (TPSA) is 60.7 Å². The Kier molecular flexibility index (Phi) is 2.58. The molecule has 0 aromatic carbocycles. The van der Waals surface area contributed by atoms with E-state index in [2.05, 4.69) is 15.0 Å². The standard InChI is InChI=1S/C15H10N4OS/c1-19-14(11-7-9-4-6-21-12(9)8-17-11)18-10-3-2-5-16-13(10)15(19)20/h2-8H,1H3. The van der Waals surface area contributed by atoms with E-state index in [0.29, 0.717) is 22.6 Å². The van der Waals surface area contributed by atoms with Gasteiger partial charge in [-0.05, 0) is 35.0 Å². The van der Waals surface area contributed by atoms with Crippen molar-refractivity contribution in [1.82, 2.24) is 19.5 Å². The lowest BCUT2D eigenvalue weighted by Crippen LogP contribution is -2.21. The molecule has 6 heteroatoms. The van der Waals surface area contributed by atoms with Crippen LogP contribution in [0.1, 0.15) is 0 Å². The van der Waals surface area contributed by atoms with Crippen molar-refractivity contribution in [3.63, 3.8) is 0 Å². The number of hydrogen-bond donors (Lipinski definition) is 0. The van der Waals surface area contributed by atoms with E-state index >= 15 is 0 Å². The van der Waals surface area contributed by atoms with Crippen molar-refractivity contribution in [2.24, 2.45) is 7.05 Å². The van der Waals surface area contributed by atoms with E-state index in [4.69, 9.17) is 0 Å². The van der Waals surface area contributed by atoms with Crippen molar-refractivity contribution < 1.29 is 0 Å². The molecule has 0 aliphatic heterocycles. The van der Waals surface area contributed by atoms with Crippen molar-refractivity contribution in [1.29, 1.82) is 0 Å². The molecule has 0 saturated heterocycles. The third kappa shape index (κ3) is 1.84. The lowest BCUT2D eigenvalue weighted by Gasteiger charge is -2.08. The van der Waals surface area contributed by atoms with Crippen LogP contribution in [0.5, 0.6) is 0 Å². The maximum absolute atomic E-state index is 12.4. The second-order valence-corrected chi connectivity index (χ2v) is 5.65. The first-order chi connectivity index (χ1) is 10.2. The van der Waals surface area contributed by atoms with Gasteiger partial charge in [0.2, 0.25) is 0 Å². The molecule has 102 valence electrons. The van der Waals surface area contributed by atoms with E-state index < -0.39 is 0 Å². The molecule has 5 nitrogen and oxygen atoms in total. The number of aromatic nitrogens is 4. The number of fused-ring (bicyclic) bond motifs is 2. The molecule has 0 atom stereocenters. The van der Waals surface area contributed by atoms with Gasteiger partial charge in [-0.2, -0.15) is 0 Å². The van der Waals surface area contributed by atoms with E-state index in [1.54, 1.807) is 36.7 Å².